The van der Waals surface area contributed by atoms with Gasteiger partial charge in [-0.1, -0.05) is 31.4 Å². The van der Waals surface area contributed by atoms with Gasteiger partial charge in [0, 0.05) is 5.92 Å². The van der Waals surface area contributed by atoms with Crippen molar-refractivity contribution in [3.05, 3.63) is 23.8 Å². The summed E-state index contributed by atoms with van der Waals surface area (Å²) in [5.41, 5.74) is 3.41. The second-order valence-corrected chi connectivity index (χ2v) is 4.86. The highest BCUT2D eigenvalue weighted by Gasteiger charge is 2.25. The molecule has 83 valence electrons. The van der Waals surface area contributed by atoms with Crippen LogP contribution >= 0.6 is 0 Å². The minimum Gasteiger partial charge on any atom is -0.231 e. The van der Waals surface area contributed by atoms with Gasteiger partial charge in [0.15, 0.2) is 0 Å². The lowest BCUT2D eigenvalue weighted by Crippen LogP contribution is -2.21. The van der Waals surface area contributed by atoms with Gasteiger partial charge in [0.25, 0.3) is 0 Å². The molecular formula is C14H17N2. The molecule has 0 bridgehead atoms. The normalized spacial score (nSPS) is 20.2. The number of fused-ring (bicyclic) bond motifs is 1. The van der Waals surface area contributed by atoms with E-state index in [4.69, 9.17) is 4.99 Å². The fourth-order valence-corrected chi connectivity index (χ4v) is 2.69. The van der Waals surface area contributed by atoms with E-state index in [0.29, 0.717) is 5.92 Å². The van der Waals surface area contributed by atoms with Crippen LogP contribution in [0.5, 0.6) is 0 Å². The van der Waals surface area contributed by atoms with E-state index in [-0.39, 0.29) is 0 Å². The maximum atomic E-state index is 4.72. The molecule has 2 aliphatic rings. The molecule has 16 heavy (non-hydrogen) atoms. The van der Waals surface area contributed by atoms with Crippen LogP contribution in [0.2, 0.25) is 0 Å². The zero-order chi connectivity index (χ0) is 11.0. The van der Waals surface area contributed by atoms with Gasteiger partial charge in [0.2, 0.25) is 0 Å². The average molecular weight is 213 g/mol. The smallest absolute Gasteiger partial charge is 0.132 e. The number of nitrogens with zero attached hydrogens (tertiary/aromatic N) is 2. The first-order valence-electron chi connectivity index (χ1n) is 6.24. The van der Waals surface area contributed by atoms with Crippen LogP contribution in [0.15, 0.2) is 23.2 Å². The molecule has 0 spiro atoms. The van der Waals surface area contributed by atoms with Crippen molar-refractivity contribution < 1.29 is 0 Å². The first-order chi connectivity index (χ1) is 7.84. The molecule has 3 rings (SSSR count). The molecule has 0 amide bonds. The largest absolute Gasteiger partial charge is 0.231 e. The van der Waals surface area contributed by atoms with Crippen molar-refractivity contribution in [1.29, 1.82) is 0 Å². The third-order valence-corrected chi connectivity index (χ3v) is 3.65. The van der Waals surface area contributed by atoms with Crippen LogP contribution in [0.1, 0.15) is 37.7 Å². The Morgan fingerprint density at radius 1 is 1.12 bits per heavy atom. The Kier molecular flexibility index (Phi) is 2.43. The number of rotatable bonds is 1. The van der Waals surface area contributed by atoms with Crippen LogP contribution in [0.25, 0.3) is 0 Å². The van der Waals surface area contributed by atoms with Gasteiger partial charge in [0.05, 0.1) is 11.4 Å². The van der Waals surface area contributed by atoms with Crippen LogP contribution in [0.4, 0.5) is 11.4 Å². The highest BCUT2D eigenvalue weighted by Crippen LogP contribution is 2.37. The monoisotopic (exact) mass is 213 g/mol. The van der Waals surface area contributed by atoms with Gasteiger partial charge in [-0.05, 0) is 31.4 Å². The second-order valence-electron chi connectivity index (χ2n) is 4.86. The van der Waals surface area contributed by atoms with Gasteiger partial charge < -0.3 is 0 Å². The summed E-state index contributed by atoms with van der Waals surface area (Å²) in [7, 11) is 0. The highest BCUT2D eigenvalue weighted by atomic mass is 15.1. The summed E-state index contributed by atoms with van der Waals surface area (Å²) >= 11 is 0. The van der Waals surface area contributed by atoms with Gasteiger partial charge in [-0.25, -0.2) is 10.3 Å². The van der Waals surface area contributed by atoms with E-state index in [1.54, 1.807) is 0 Å². The molecule has 1 fully saturated rings. The van der Waals surface area contributed by atoms with Crippen molar-refractivity contribution >= 4 is 17.2 Å². The molecule has 1 saturated carbocycles. The van der Waals surface area contributed by atoms with Gasteiger partial charge >= 0.3 is 0 Å². The minimum atomic E-state index is 0.612. The Morgan fingerprint density at radius 3 is 2.69 bits per heavy atom. The van der Waals surface area contributed by atoms with Gasteiger partial charge in [0.1, 0.15) is 5.84 Å². The van der Waals surface area contributed by atoms with Crippen molar-refractivity contribution in [2.45, 2.75) is 39.0 Å². The molecule has 1 aliphatic heterocycles. The molecule has 0 aromatic heterocycles. The van der Waals surface area contributed by atoms with Crippen LogP contribution in [-0.2, 0) is 0 Å². The zero-order valence-electron chi connectivity index (χ0n) is 9.74. The van der Waals surface area contributed by atoms with Crippen molar-refractivity contribution in [2.24, 2.45) is 10.9 Å². The van der Waals surface area contributed by atoms with Crippen molar-refractivity contribution in [3.8, 4) is 0 Å². The fraction of sp³-hybridized carbons (Fsp3) is 0.500. The topological polar surface area (TPSA) is 26.5 Å². The van der Waals surface area contributed by atoms with E-state index >= 15 is 0 Å². The zero-order valence-corrected chi connectivity index (χ0v) is 9.74. The molecule has 2 heteroatoms. The number of benzene rings is 1. The Bertz CT molecular complexity index is 428. The molecule has 1 radical (unpaired) electrons. The lowest BCUT2D eigenvalue weighted by Gasteiger charge is -2.20. The van der Waals surface area contributed by atoms with Crippen molar-refractivity contribution in [1.82, 2.24) is 5.32 Å². The van der Waals surface area contributed by atoms with Crippen LogP contribution in [-0.4, -0.2) is 5.84 Å². The summed E-state index contributed by atoms with van der Waals surface area (Å²) in [6, 6.07) is 6.25. The van der Waals surface area contributed by atoms with E-state index in [1.807, 2.05) is 0 Å². The standard InChI is InChI=1S/C14H17N2/c1-10-6-5-9-12-13(10)16-14(15-12)11-7-3-2-4-8-11/h5-6,9,11H,2-4,7-8H2,1H3. The molecule has 1 aromatic carbocycles. The Labute approximate surface area is 96.8 Å². The Morgan fingerprint density at radius 2 is 1.94 bits per heavy atom. The number of para-hydroxylation sites is 1. The quantitative estimate of drug-likeness (QED) is 0.677. The number of aryl methyl sites for hydroxylation is 1. The predicted molar refractivity (Wildman–Crippen MR) is 66.6 cm³/mol. The maximum Gasteiger partial charge on any atom is 0.132 e. The summed E-state index contributed by atoms with van der Waals surface area (Å²) in [6.45, 7) is 2.11. The van der Waals surface area contributed by atoms with Crippen LogP contribution in [0, 0.1) is 12.8 Å². The van der Waals surface area contributed by atoms with E-state index in [9.17, 15) is 0 Å². The molecule has 1 aliphatic carbocycles. The molecule has 0 saturated heterocycles. The van der Waals surface area contributed by atoms with Crippen molar-refractivity contribution in [2.75, 3.05) is 0 Å². The molecule has 0 atom stereocenters. The summed E-state index contributed by atoms with van der Waals surface area (Å²) in [4.78, 5) is 4.72. The third kappa shape index (κ3) is 1.62. The first-order valence-corrected chi connectivity index (χ1v) is 6.24. The lowest BCUT2D eigenvalue weighted by molar-refractivity contribution is 0.435. The van der Waals surface area contributed by atoms with E-state index < -0.39 is 0 Å². The fourth-order valence-electron chi connectivity index (χ4n) is 2.69. The van der Waals surface area contributed by atoms with Gasteiger partial charge in [-0.15, -0.1) is 0 Å². The predicted octanol–water partition coefficient (Wildman–Crippen LogP) is 3.85. The Balaban J connectivity index is 1.86. The molecule has 0 unspecified atom stereocenters. The highest BCUT2D eigenvalue weighted by molar-refractivity contribution is 5.98. The molecule has 1 aromatic rings. The molecular weight excluding hydrogens is 196 g/mol. The van der Waals surface area contributed by atoms with Gasteiger partial charge in [-0.2, -0.15) is 0 Å². The average Bonchev–Trinajstić information content (AvgIpc) is 2.76. The second kappa shape index (κ2) is 3.93. The number of hydrogen-bond donors (Lipinski definition) is 0. The third-order valence-electron chi connectivity index (χ3n) is 3.65. The SMILES string of the molecule is Cc1cccc2c1N=C(C1CCCCC1)[N]2. The van der Waals surface area contributed by atoms with Crippen molar-refractivity contribution in [3.63, 3.8) is 0 Å². The summed E-state index contributed by atoms with van der Waals surface area (Å²) < 4.78 is 0. The molecule has 1 heterocycles. The molecule has 0 N–H and O–H groups in total. The summed E-state index contributed by atoms with van der Waals surface area (Å²) in [5, 5.41) is 4.69. The number of amidine groups is 1. The number of hydrogen-bond acceptors (Lipinski definition) is 1. The van der Waals surface area contributed by atoms with E-state index in [2.05, 4.69) is 30.4 Å². The lowest BCUT2D eigenvalue weighted by atomic mass is 9.88. The maximum absolute atomic E-state index is 4.72. The van der Waals surface area contributed by atoms with E-state index in [0.717, 1.165) is 17.2 Å². The summed E-state index contributed by atoms with van der Waals surface area (Å²) in [5.74, 6) is 1.70. The number of aliphatic imine (C=N–C) groups is 1. The van der Waals surface area contributed by atoms with Gasteiger partial charge in [-0.3, -0.25) is 0 Å². The minimum absolute atomic E-state index is 0.612. The first kappa shape index (κ1) is 9.88. The molecule has 2 nitrogen and oxygen atoms in total. The van der Waals surface area contributed by atoms with E-state index in [1.165, 1.54) is 37.7 Å². The van der Waals surface area contributed by atoms with Crippen LogP contribution in [0.3, 0.4) is 0 Å². The Hall–Kier alpha value is -1.31. The van der Waals surface area contributed by atoms with Crippen LogP contribution < -0.4 is 5.32 Å². The summed E-state index contributed by atoms with van der Waals surface area (Å²) in [6.07, 6.45) is 6.61.